The summed E-state index contributed by atoms with van der Waals surface area (Å²) in [6, 6.07) is 18.7. The molecular weight excluding hydrogens is 248 g/mol. The first-order valence-electron chi connectivity index (χ1n) is 6.24. The lowest BCUT2D eigenvalue weighted by Gasteiger charge is -2.07. The van der Waals surface area contributed by atoms with Crippen LogP contribution in [-0.4, -0.2) is 5.91 Å². The predicted molar refractivity (Wildman–Crippen MR) is 79.8 cm³/mol. The SMILES string of the molecule is Cc1ccccc1NC(=O)C(C#N)=Cc1ccccc1. The van der Waals surface area contributed by atoms with Gasteiger partial charge in [0.2, 0.25) is 0 Å². The van der Waals surface area contributed by atoms with E-state index in [9.17, 15) is 4.79 Å². The van der Waals surface area contributed by atoms with E-state index < -0.39 is 5.91 Å². The molecule has 0 aromatic heterocycles. The number of aryl methyl sites for hydroxylation is 1. The van der Waals surface area contributed by atoms with Gasteiger partial charge < -0.3 is 5.32 Å². The van der Waals surface area contributed by atoms with E-state index in [1.807, 2.05) is 67.6 Å². The number of amides is 1. The summed E-state index contributed by atoms with van der Waals surface area (Å²) in [5.74, 6) is -0.398. The van der Waals surface area contributed by atoms with Crippen molar-refractivity contribution in [2.45, 2.75) is 6.92 Å². The van der Waals surface area contributed by atoms with Gasteiger partial charge in [0.25, 0.3) is 5.91 Å². The van der Waals surface area contributed by atoms with Gasteiger partial charge in [-0.3, -0.25) is 4.79 Å². The first kappa shape index (κ1) is 13.6. The van der Waals surface area contributed by atoms with Gasteiger partial charge in [-0.05, 0) is 30.2 Å². The molecule has 0 fully saturated rings. The maximum atomic E-state index is 12.1. The summed E-state index contributed by atoms with van der Waals surface area (Å²) in [5, 5.41) is 11.9. The maximum absolute atomic E-state index is 12.1. The zero-order chi connectivity index (χ0) is 14.4. The summed E-state index contributed by atoms with van der Waals surface area (Å²) in [6.07, 6.45) is 1.58. The van der Waals surface area contributed by atoms with Crippen molar-refractivity contribution in [2.24, 2.45) is 0 Å². The van der Waals surface area contributed by atoms with Crippen molar-refractivity contribution in [3.63, 3.8) is 0 Å². The molecule has 0 aliphatic rings. The quantitative estimate of drug-likeness (QED) is 0.679. The first-order chi connectivity index (χ1) is 9.70. The Hall–Kier alpha value is -2.86. The lowest BCUT2D eigenvalue weighted by molar-refractivity contribution is -0.112. The minimum absolute atomic E-state index is 0.0828. The van der Waals surface area contributed by atoms with Gasteiger partial charge in [0.1, 0.15) is 11.6 Å². The van der Waals surface area contributed by atoms with E-state index >= 15 is 0 Å². The molecular formula is C17H14N2O. The molecule has 2 rings (SSSR count). The molecule has 98 valence electrons. The molecule has 2 aromatic rings. The van der Waals surface area contributed by atoms with Crippen LogP contribution in [0.25, 0.3) is 6.08 Å². The van der Waals surface area contributed by atoms with Crippen molar-refractivity contribution >= 4 is 17.7 Å². The Balaban J connectivity index is 2.21. The van der Waals surface area contributed by atoms with Crippen LogP contribution in [0.3, 0.4) is 0 Å². The zero-order valence-electron chi connectivity index (χ0n) is 11.1. The van der Waals surface area contributed by atoms with Crippen LogP contribution in [0, 0.1) is 18.3 Å². The smallest absolute Gasteiger partial charge is 0.266 e. The highest BCUT2D eigenvalue weighted by molar-refractivity contribution is 6.09. The van der Waals surface area contributed by atoms with Gasteiger partial charge in [0.15, 0.2) is 0 Å². The second-order valence-corrected chi connectivity index (χ2v) is 4.35. The monoisotopic (exact) mass is 262 g/mol. The summed E-state index contributed by atoms with van der Waals surface area (Å²) >= 11 is 0. The first-order valence-corrected chi connectivity index (χ1v) is 6.24. The second-order valence-electron chi connectivity index (χ2n) is 4.35. The third kappa shape index (κ3) is 3.33. The Bertz CT molecular complexity index is 682. The number of hydrogen-bond acceptors (Lipinski definition) is 2. The predicted octanol–water partition coefficient (Wildman–Crippen LogP) is 3.54. The Morgan fingerprint density at radius 2 is 1.75 bits per heavy atom. The highest BCUT2D eigenvalue weighted by Gasteiger charge is 2.10. The van der Waals surface area contributed by atoms with Crippen LogP contribution in [0.2, 0.25) is 0 Å². The third-order valence-electron chi connectivity index (χ3n) is 2.87. The number of nitrogens with zero attached hydrogens (tertiary/aromatic N) is 1. The molecule has 0 saturated heterocycles. The van der Waals surface area contributed by atoms with Crippen LogP contribution in [0.15, 0.2) is 60.2 Å². The number of carbonyl (C=O) groups is 1. The van der Waals surface area contributed by atoms with Crippen molar-refractivity contribution in [3.8, 4) is 6.07 Å². The molecule has 0 aliphatic heterocycles. The molecule has 2 aromatic carbocycles. The van der Waals surface area contributed by atoms with E-state index in [0.29, 0.717) is 5.69 Å². The molecule has 0 unspecified atom stereocenters. The fourth-order valence-electron chi connectivity index (χ4n) is 1.77. The fourth-order valence-corrected chi connectivity index (χ4v) is 1.77. The Morgan fingerprint density at radius 1 is 1.10 bits per heavy atom. The van der Waals surface area contributed by atoms with Gasteiger partial charge in [0, 0.05) is 5.69 Å². The van der Waals surface area contributed by atoms with Gasteiger partial charge >= 0.3 is 0 Å². The summed E-state index contributed by atoms with van der Waals surface area (Å²) in [4.78, 5) is 12.1. The molecule has 20 heavy (non-hydrogen) atoms. The largest absolute Gasteiger partial charge is 0.321 e. The van der Waals surface area contributed by atoms with E-state index in [1.165, 1.54) is 0 Å². The van der Waals surface area contributed by atoms with E-state index in [4.69, 9.17) is 5.26 Å². The molecule has 3 heteroatoms. The topological polar surface area (TPSA) is 52.9 Å². The van der Waals surface area contributed by atoms with E-state index in [1.54, 1.807) is 6.08 Å². The minimum Gasteiger partial charge on any atom is -0.321 e. The number of anilines is 1. The lowest BCUT2D eigenvalue weighted by atomic mass is 10.1. The standard InChI is InChI=1S/C17H14N2O/c1-13-7-5-6-10-16(13)19-17(20)15(12-18)11-14-8-3-2-4-9-14/h2-11H,1H3,(H,19,20). The third-order valence-corrected chi connectivity index (χ3v) is 2.87. The number of nitrogens with one attached hydrogen (secondary N) is 1. The molecule has 0 spiro atoms. The van der Waals surface area contributed by atoms with E-state index in [0.717, 1.165) is 11.1 Å². The van der Waals surface area contributed by atoms with Crippen molar-refractivity contribution in [1.82, 2.24) is 0 Å². The Labute approximate surface area is 118 Å². The van der Waals surface area contributed by atoms with Crippen LogP contribution in [0.5, 0.6) is 0 Å². The number of para-hydroxylation sites is 1. The summed E-state index contributed by atoms with van der Waals surface area (Å²) in [6.45, 7) is 1.91. The van der Waals surface area contributed by atoms with Crippen LogP contribution in [0.4, 0.5) is 5.69 Å². The van der Waals surface area contributed by atoms with Gasteiger partial charge in [-0.2, -0.15) is 5.26 Å². The highest BCUT2D eigenvalue weighted by atomic mass is 16.1. The van der Waals surface area contributed by atoms with Crippen LogP contribution >= 0.6 is 0 Å². The van der Waals surface area contributed by atoms with Gasteiger partial charge in [-0.25, -0.2) is 0 Å². The number of nitriles is 1. The average molecular weight is 262 g/mol. The van der Waals surface area contributed by atoms with Gasteiger partial charge in [-0.15, -0.1) is 0 Å². The van der Waals surface area contributed by atoms with Gasteiger partial charge in [0.05, 0.1) is 0 Å². The Morgan fingerprint density at radius 3 is 2.40 bits per heavy atom. The lowest BCUT2D eigenvalue weighted by Crippen LogP contribution is -2.14. The van der Waals surface area contributed by atoms with E-state index in [2.05, 4.69) is 5.32 Å². The maximum Gasteiger partial charge on any atom is 0.266 e. The second kappa shape index (κ2) is 6.35. The van der Waals surface area contributed by atoms with Crippen LogP contribution < -0.4 is 5.32 Å². The molecule has 0 atom stereocenters. The molecule has 3 nitrogen and oxygen atoms in total. The molecule has 0 heterocycles. The van der Waals surface area contributed by atoms with Crippen molar-refractivity contribution < 1.29 is 4.79 Å². The fraction of sp³-hybridized carbons (Fsp3) is 0.0588. The molecule has 0 bridgehead atoms. The van der Waals surface area contributed by atoms with Crippen LogP contribution in [0.1, 0.15) is 11.1 Å². The molecule has 0 radical (unpaired) electrons. The van der Waals surface area contributed by atoms with E-state index in [-0.39, 0.29) is 5.57 Å². The summed E-state index contributed by atoms with van der Waals surface area (Å²) in [5.41, 5.74) is 2.58. The van der Waals surface area contributed by atoms with Crippen molar-refractivity contribution in [1.29, 1.82) is 5.26 Å². The van der Waals surface area contributed by atoms with Crippen LogP contribution in [-0.2, 0) is 4.79 Å². The normalized spacial score (nSPS) is 10.7. The average Bonchev–Trinajstić information content (AvgIpc) is 2.48. The summed E-state index contributed by atoms with van der Waals surface area (Å²) < 4.78 is 0. The number of benzene rings is 2. The van der Waals surface area contributed by atoms with Gasteiger partial charge in [-0.1, -0.05) is 48.5 Å². The highest BCUT2D eigenvalue weighted by Crippen LogP contribution is 2.15. The number of carbonyl (C=O) groups excluding carboxylic acids is 1. The Kier molecular flexibility index (Phi) is 4.31. The molecule has 1 amide bonds. The molecule has 1 N–H and O–H groups in total. The minimum atomic E-state index is -0.398. The molecule has 0 saturated carbocycles. The number of rotatable bonds is 3. The van der Waals surface area contributed by atoms with Crippen molar-refractivity contribution in [3.05, 3.63) is 71.3 Å². The van der Waals surface area contributed by atoms with Crippen molar-refractivity contribution in [2.75, 3.05) is 5.32 Å². The molecule has 0 aliphatic carbocycles. The number of hydrogen-bond donors (Lipinski definition) is 1. The summed E-state index contributed by atoms with van der Waals surface area (Å²) in [7, 11) is 0. The zero-order valence-corrected chi connectivity index (χ0v) is 11.1.